The van der Waals surface area contributed by atoms with Crippen LogP contribution in [0.3, 0.4) is 0 Å². The van der Waals surface area contributed by atoms with Crippen LogP contribution >= 0.6 is 0 Å². The molecule has 0 radical (unpaired) electrons. The first-order chi connectivity index (χ1) is 13.6. The molecule has 2 aromatic rings. The average molecular weight is 377 g/mol. The minimum atomic E-state index is 0.927. The van der Waals surface area contributed by atoms with Gasteiger partial charge in [0, 0.05) is 54.9 Å². The van der Waals surface area contributed by atoms with Crippen molar-refractivity contribution < 1.29 is 0 Å². The Balaban J connectivity index is 1.46. The predicted octanol–water partition coefficient (Wildman–Crippen LogP) is 5.76. The van der Waals surface area contributed by atoms with Gasteiger partial charge >= 0.3 is 0 Å². The van der Waals surface area contributed by atoms with Gasteiger partial charge in [0.05, 0.1) is 5.69 Å². The lowest BCUT2D eigenvalue weighted by molar-refractivity contribution is 0.622. The largest absolute Gasteiger partial charge is 0.337 e. The molecule has 0 atom stereocenters. The van der Waals surface area contributed by atoms with E-state index in [-0.39, 0.29) is 0 Å². The Labute approximate surface area is 169 Å². The van der Waals surface area contributed by atoms with Gasteiger partial charge in [0.25, 0.3) is 0 Å². The summed E-state index contributed by atoms with van der Waals surface area (Å²) in [5.74, 6) is 1.16. The second-order valence-corrected chi connectivity index (χ2v) is 7.64. The summed E-state index contributed by atoms with van der Waals surface area (Å²) in [6.07, 6.45) is 14.9. The molecule has 3 heterocycles. The monoisotopic (exact) mass is 376 g/mol. The number of hydrogen-bond donors (Lipinski definition) is 0. The number of aryl methyl sites for hydroxylation is 4. The van der Waals surface area contributed by atoms with Gasteiger partial charge in [-0.2, -0.15) is 0 Å². The van der Waals surface area contributed by atoms with Crippen molar-refractivity contribution in [3.05, 3.63) is 60.0 Å². The fraction of sp³-hybridized carbons (Fsp3) is 0.458. The lowest BCUT2D eigenvalue weighted by Crippen LogP contribution is -1.99. The summed E-state index contributed by atoms with van der Waals surface area (Å²) in [7, 11) is 2.10. The molecule has 28 heavy (non-hydrogen) atoms. The zero-order valence-corrected chi connectivity index (χ0v) is 17.5. The van der Waals surface area contributed by atoms with Crippen molar-refractivity contribution in [3.63, 3.8) is 0 Å². The molecule has 0 saturated heterocycles. The third kappa shape index (κ3) is 5.06. The summed E-state index contributed by atoms with van der Waals surface area (Å²) in [5.41, 5.74) is 6.78. The molecule has 0 aliphatic carbocycles. The van der Waals surface area contributed by atoms with Crippen LogP contribution in [0.2, 0.25) is 0 Å². The normalized spacial score (nSPS) is 13.2. The Kier molecular flexibility index (Phi) is 6.96. The fourth-order valence-electron chi connectivity index (χ4n) is 3.69. The average Bonchev–Trinajstić information content (AvgIpc) is 3.34. The zero-order chi connectivity index (χ0) is 19.9. The molecule has 0 saturated carbocycles. The van der Waals surface area contributed by atoms with Gasteiger partial charge in [0.2, 0.25) is 0 Å². The summed E-state index contributed by atoms with van der Waals surface area (Å²) in [5, 5.41) is 0. The molecule has 4 nitrogen and oxygen atoms in total. The number of nitrogens with zero attached hydrogens (tertiary/aromatic N) is 4. The molecule has 2 aromatic heterocycles. The summed E-state index contributed by atoms with van der Waals surface area (Å²) < 4.78 is 2.17. The highest BCUT2D eigenvalue weighted by Gasteiger charge is 2.12. The summed E-state index contributed by atoms with van der Waals surface area (Å²) in [4.78, 5) is 13.9. The van der Waals surface area contributed by atoms with Crippen molar-refractivity contribution in [2.24, 2.45) is 12.0 Å². The van der Waals surface area contributed by atoms with Crippen LogP contribution in [0.5, 0.6) is 0 Å². The van der Waals surface area contributed by atoms with Gasteiger partial charge in [0.15, 0.2) is 0 Å². The lowest BCUT2D eigenvalue weighted by Gasteiger charge is -2.06. The van der Waals surface area contributed by atoms with E-state index in [1.807, 2.05) is 13.1 Å². The smallest absolute Gasteiger partial charge is 0.109 e. The molecule has 0 amide bonds. The second kappa shape index (κ2) is 9.63. The highest BCUT2D eigenvalue weighted by molar-refractivity contribution is 6.02. The molecule has 0 bridgehead atoms. The van der Waals surface area contributed by atoms with E-state index in [0.717, 1.165) is 59.9 Å². The molecule has 0 spiro atoms. The molecule has 1 aliphatic rings. The minimum absolute atomic E-state index is 0.927. The van der Waals surface area contributed by atoms with Crippen LogP contribution in [0.25, 0.3) is 11.3 Å². The molecule has 148 valence electrons. The zero-order valence-electron chi connectivity index (χ0n) is 17.5. The molecule has 0 fully saturated rings. The number of rotatable bonds is 10. The highest BCUT2D eigenvalue weighted by Crippen LogP contribution is 2.23. The Morgan fingerprint density at radius 2 is 1.96 bits per heavy atom. The third-order valence-corrected chi connectivity index (χ3v) is 5.38. The molecule has 0 unspecified atom stereocenters. The van der Waals surface area contributed by atoms with Crippen molar-refractivity contribution in [1.29, 1.82) is 0 Å². The maximum Gasteiger partial charge on any atom is 0.109 e. The SMILES string of the molecule is C=C(CCCCCCc1nc(-c2ccc(C)nc2CC)cn1C)C1=NC=CC1. The van der Waals surface area contributed by atoms with Gasteiger partial charge in [-0.1, -0.05) is 32.4 Å². The molecule has 0 N–H and O–H groups in total. The van der Waals surface area contributed by atoms with Crippen molar-refractivity contribution in [2.75, 3.05) is 0 Å². The van der Waals surface area contributed by atoms with E-state index in [1.165, 1.54) is 31.3 Å². The maximum atomic E-state index is 4.90. The highest BCUT2D eigenvalue weighted by atomic mass is 15.0. The molecule has 3 rings (SSSR count). The van der Waals surface area contributed by atoms with Crippen molar-refractivity contribution in [1.82, 2.24) is 14.5 Å². The van der Waals surface area contributed by atoms with Crippen LogP contribution in [-0.2, 0) is 19.9 Å². The van der Waals surface area contributed by atoms with Gasteiger partial charge < -0.3 is 4.57 Å². The number of aliphatic imine (C=N–C) groups is 1. The third-order valence-electron chi connectivity index (χ3n) is 5.38. The number of hydrogen-bond acceptors (Lipinski definition) is 3. The summed E-state index contributed by atoms with van der Waals surface area (Å²) in [6, 6.07) is 4.23. The van der Waals surface area contributed by atoms with E-state index < -0.39 is 0 Å². The van der Waals surface area contributed by atoms with Gasteiger partial charge in [-0.05, 0) is 50.3 Å². The molecule has 4 heteroatoms. The summed E-state index contributed by atoms with van der Waals surface area (Å²) >= 11 is 0. The van der Waals surface area contributed by atoms with Gasteiger partial charge in [-0.15, -0.1) is 0 Å². The Bertz CT molecular complexity index is 886. The van der Waals surface area contributed by atoms with Gasteiger partial charge in [0.1, 0.15) is 5.82 Å². The van der Waals surface area contributed by atoms with E-state index in [9.17, 15) is 0 Å². The molecule has 0 aromatic carbocycles. The van der Waals surface area contributed by atoms with Crippen LogP contribution in [0.1, 0.15) is 62.7 Å². The molecule has 1 aliphatic heterocycles. The van der Waals surface area contributed by atoms with Crippen LogP contribution in [0.15, 0.2) is 47.7 Å². The second-order valence-electron chi connectivity index (χ2n) is 7.64. The van der Waals surface area contributed by atoms with E-state index in [2.05, 4.69) is 59.5 Å². The Morgan fingerprint density at radius 3 is 2.71 bits per heavy atom. The number of aromatic nitrogens is 3. The van der Waals surface area contributed by atoms with E-state index in [0.29, 0.717) is 0 Å². The lowest BCUT2D eigenvalue weighted by atomic mass is 10.0. The van der Waals surface area contributed by atoms with Crippen molar-refractivity contribution >= 4 is 5.71 Å². The first-order valence-electron chi connectivity index (χ1n) is 10.5. The first-order valence-corrected chi connectivity index (χ1v) is 10.5. The van der Waals surface area contributed by atoms with Crippen LogP contribution < -0.4 is 0 Å². The van der Waals surface area contributed by atoms with E-state index in [4.69, 9.17) is 4.98 Å². The Hall–Kier alpha value is -2.49. The van der Waals surface area contributed by atoms with Crippen LogP contribution in [-0.4, -0.2) is 20.2 Å². The van der Waals surface area contributed by atoms with E-state index in [1.54, 1.807) is 0 Å². The minimum Gasteiger partial charge on any atom is -0.337 e. The standard InChI is InChI=1S/C24H32N4/c1-5-21-20(15-14-19(3)26-21)23-17-28(4)24(27-23)13-9-7-6-8-11-18(2)22-12-10-16-25-22/h10,14-17H,2,5-9,11-13H2,1,3-4H3. The van der Waals surface area contributed by atoms with Crippen LogP contribution in [0, 0.1) is 6.92 Å². The fourth-order valence-corrected chi connectivity index (χ4v) is 3.69. The van der Waals surface area contributed by atoms with Crippen molar-refractivity contribution in [3.8, 4) is 11.3 Å². The van der Waals surface area contributed by atoms with E-state index >= 15 is 0 Å². The molecular formula is C24H32N4. The van der Waals surface area contributed by atoms with Crippen molar-refractivity contribution in [2.45, 2.75) is 65.2 Å². The topological polar surface area (TPSA) is 43.1 Å². The number of unbranched alkanes of at least 4 members (excludes halogenated alkanes) is 3. The maximum absolute atomic E-state index is 4.90. The van der Waals surface area contributed by atoms with Gasteiger partial charge in [-0.3, -0.25) is 9.98 Å². The number of pyridine rings is 1. The quantitative estimate of drug-likeness (QED) is 0.495. The summed E-state index contributed by atoms with van der Waals surface area (Å²) in [6.45, 7) is 8.37. The van der Waals surface area contributed by atoms with Crippen LogP contribution in [0.4, 0.5) is 0 Å². The number of allylic oxidation sites excluding steroid dienone is 2. The Morgan fingerprint density at radius 1 is 1.14 bits per heavy atom. The molecular weight excluding hydrogens is 344 g/mol. The van der Waals surface area contributed by atoms with Gasteiger partial charge in [-0.25, -0.2) is 4.98 Å². The number of imidazole rings is 1. The predicted molar refractivity (Wildman–Crippen MR) is 118 cm³/mol. The first kappa shape index (κ1) is 20.2.